The van der Waals surface area contributed by atoms with E-state index in [1.165, 1.54) is 28.0 Å². The number of benzene rings is 2. The van der Waals surface area contributed by atoms with Gasteiger partial charge < -0.3 is 10.2 Å². The van der Waals surface area contributed by atoms with Gasteiger partial charge in [-0.05, 0) is 12.1 Å². The lowest BCUT2D eigenvalue weighted by molar-refractivity contribution is -0.120. The Morgan fingerprint density at radius 1 is 1.12 bits per heavy atom. The number of carbonyl (C=O) groups is 2. The zero-order valence-electron chi connectivity index (χ0n) is 13.7. The van der Waals surface area contributed by atoms with E-state index in [0.717, 1.165) is 21.8 Å². The van der Waals surface area contributed by atoms with Crippen molar-refractivity contribution in [3.05, 3.63) is 60.0 Å². The van der Waals surface area contributed by atoms with E-state index >= 15 is 0 Å². The predicted octanol–water partition coefficient (Wildman–Crippen LogP) is 3.89. The number of hydrogen-bond donors (Lipinski definition) is 1. The largest absolute Gasteiger partial charge is 0.301 e. The number of nitrogens with one attached hydrogen (secondary N) is 1. The molecule has 0 radical (unpaired) electrons. The zero-order valence-corrected chi connectivity index (χ0v) is 15.3. The van der Waals surface area contributed by atoms with Crippen LogP contribution in [0.25, 0.3) is 11.3 Å². The normalized spacial score (nSPS) is 13.4. The molecule has 0 fully saturated rings. The zero-order chi connectivity index (χ0) is 17.9. The summed E-state index contributed by atoms with van der Waals surface area (Å²) in [6.07, 6.45) is 0. The Morgan fingerprint density at radius 3 is 2.73 bits per heavy atom. The standard InChI is InChI=1S/C19H15N3O2S2/c23-17(10-22-15-8-4-5-9-16(15)25-12-18(22)24)21-19-20-14(11-26-19)13-6-2-1-3-7-13/h1-9,11H,10,12H2,(H,20,21,23). The number of para-hydroxylation sites is 1. The molecule has 2 heterocycles. The molecule has 1 aliphatic rings. The second-order valence-electron chi connectivity index (χ2n) is 5.69. The molecule has 0 aliphatic carbocycles. The lowest BCUT2D eigenvalue weighted by atomic mass is 10.2. The number of fused-ring (bicyclic) bond motifs is 1. The molecular formula is C19H15N3O2S2. The van der Waals surface area contributed by atoms with Crippen LogP contribution in [0, 0.1) is 0 Å². The first kappa shape index (κ1) is 16.8. The van der Waals surface area contributed by atoms with Crippen molar-refractivity contribution < 1.29 is 9.59 Å². The summed E-state index contributed by atoms with van der Waals surface area (Å²) in [7, 11) is 0. The molecular weight excluding hydrogens is 366 g/mol. The van der Waals surface area contributed by atoms with E-state index in [2.05, 4.69) is 10.3 Å². The molecule has 26 heavy (non-hydrogen) atoms. The van der Waals surface area contributed by atoms with E-state index in [0.29, 0.717) is 10.9 Å². The van der Waals surface area contributed by atoms with Crippen LogP contribution in [0.1, 0.15) is 0 Å². The highest BCUT2D eigenvalue weighted by Crippen LogP contribution is 2.34. The first-order valence-electron chi connectivity index (χ1n) is 8.04. The third-order valence-electron chi connectivity index (χ3n) is 3.93. The first-order valence-corrected chi connectivity index (χ1v) is 9.90. The van der Waals surface area contributed by atoms with Crippen molar-refractivity contribution in [3.63, 3.8) is 0 Å². The monoisotopic (exact) mass is 381 g/mol. The molecule has 1 N–H and O–H groups in total. The van der Waals surface area contributed by atoms with Gasteiger partial charge >= 0.3 is 0 Å². The Kier molecular flexibility index (Phi) is 4.73. The number of anilines is 2. The van der Waals surface area contributed by atoms with Gasteiger partial charge in [0.15, 0.2) is 5.13 Å². The van der Waals surface area contributed by atoms with Crippen LogP contribution in [0.5, 0.6) is 0 Å². The lowest BCUT2D eigenvalue weighted by Crippen LogP contribution is -2.41. The Labute approximate surface area is 159 Å². The molecule has 0 saturated carbocycles. The van der Waals surface area contributed by atoms with Gasteiger partial charge in [0.25, 0.3) is 0 Å². The minimum atomic E-state index is -0.256. The first-order chi connectivity index (χ1) is 12.7. The van der Waals surface area contributed by atoms with Crippen molar-refractivity contribution in [1.82, 2.24) is 4.98 Å². The molecule has 1 aliphatic heterocycles. The van der Waals surface area contributed by atoms with Crippen molar-refractivity contribution in [2.24, 2.45) is 0 Å². The molecule has 0 bridgehead atoms. The number of rotatable bonds is 4. The molecule has 0 spiro atoms. The SMILES string of the molecule is O=C(CN1C(=O)CSc2ccccc21)Nc1nc(-c2ccccc2)cs1. The summed E-state index contributed by atoms with van der Waals surface area (Å²) in [6, 6.07) is 17.4. The van der Waals surface area contributed by atoms with Gasteiger partial charge in [-0.2, -0.15) is 0 Å². The minimum absolute atomic E-state index is 0.0172. The number of thiazole rings is 1. The number of aromatic nitrogens is 1. The summed E-state index contributed by atoms with van der Waals surface area (Å²) in [5.74, 6) is 0.0293. The molecule has 2 amide bonds. The molecule has 3 aromatic rings. The van der Waals surface area contributed by atoms with Crippen LogP contribution in [0.4, 0.5) is 10.8 Å². The molecule has 1 aromatic heterocycles. The van der Waals surface area contributed by atoms with Crippen molar-refractivity contribution >= 4 is 45.7 Å². The molecule has 4 rings (SSSR count). The van der Waals surface area contributed by atoms with Gasteiger partial charge in [-0.3, -0.25) is 9.59 Å². The second-order valence-corrected chi connectivity index (χ2v) is 7.56. The Bertz CT molecular complexity index is 956. The summed E-state index contributed by atoms with van der Waals surface area (Å²) >= 11 is 2.87. The van der Waals surface area contributed by atoms with E-state index in [9.17, 15) is 9.59 Å². The van der Waals surface area contributed by atoms with E-state index in [1.807, 2.05) is 60.0 Å². The molecule has 130 valence electrons. The summed E-state index contributed by atoms with van der Waals surface area (Å²) in [6.45, 7) is -0.0172. The van der Waals surface area contributed by atoms with Gasteiger partial charge in [0, 0.05) is 15.8 Å². The van der Waals surface area contributed by atoms with Crippen molar-refractivity contribution in [1.29, 1.82) is 0 Å². The van der Waals surface area contributed by atoms with Crippen LogP contribution in [-0.2, 0) is 9.59 Å². The Morgan fingerprint density at radius 2 is 1.88 bits per heavy atom. The maximum absolute atomic E-state index is 12.4. The van der Waals surface area contributed by atoms with Crippen LogP contribution in [0.15, 0.2) is 64.9 Å². The summed E-state index contributed by atoms with van der Waals surface area (Å²) in [5.41, 5.74) is 2.61. The summed E-state index contributed by atoms with van der Waals surface area (Å²) in [4.78, 5) is 31.7. The van der Waals surface area contributed by atoms with Crippen LogP contribution < -0.4 is 10.2 Å². The second kappa shape index (κ2) is 7.31. The maximum Gasteiger partial charge on any atom is 0.246 e. The molecule has 7 heteroatoms. The molecule has 0 saturated heterocycles. The van der Waals surface area contributed by atoms with Gasteiger partial charge in [0.2, 0.25) is 11.8 Å². The number of carbonyl (C=O) groups excluding carboxylic acids is 2. The van der Waals surface area contributed by atoms with E-state index < -0.39 is 0 Å². The number of hydrogen-bond acceptors (Lipinski definition) is 5. The fourth-order valence-electron chi connectivity index (χ4n) is 2.70. The highest BCUT2D eigenvalue weighted by atomic mass is 32.2. The Hall–Kier alpha value is -2.64. The highest BCUT2D eigenvalue weighted by Gasteiger charge is 2.26. The van der Waals surface area contributed by atoms with Crippen LogP contribution in [-0.4, -0.2) is 29.1 Å². The minimum Gasteiger partial charge on any atom is -0.301 e. The molecule has 0 unspecified atom stereocenters. The van der Waals surface area contributed by atoms with Gasteiger partial charge in [-0.15, -0.1) is 23.1 Å². The van der Waals surface area contributed by atoms with E-state index in [4.69, 9.17) is 0 Å². The highest BCUT2D eigenvalue weighted by molar-refractivity contribution is 8.00. The third kappa shape index (κ3) is 3.49. The van der Waals surface area contributed by atoms with Crippen LogP contribution in [0.2, 0.25) is 0 Å². The van der Waals surface area contributed by atoms with Gasteiger partial charge in [0.1, 0.15) is 6.54 Å². The van der Waals surface area contributed by atoms with Gasteiger partial charge in [-0.25, -0.2) is 4.98 Å². The van der Waals surface area contributed by atoms with E-state index in [-0.39, 0.29) is 18.4 Å². The molecule has 0 atom stereocenters. The van der Waals surface area contributed by atoms with E-state index in [1.54, 1.807) is 0 Å². The van der Waals surface area contributed by atoms with Crippen molar-refractivity contribution in [2.75, 3.05) is 22.5 Å². The number of nitrogens with zero attached hydrogens (tertiary/aromatic N) is 2. The van der Waals surface area contributed by atoms with Gasteiger partial charge in [0.05, 0.1) is 17.1 Å². The molecule has 5 nitrogen and oxygen atoms in total. The summed E-state index contributed by atoms with van der Waals surface area (Å²) in [5, 5.41) is 5.23. The number of thioether (sulfide) groups is 1. The average Bonchev–Trinajstić information content (AvgIpc) is 3.13. The third-order valence-corrected chi connectivity index (χ3v) is 5.74. The Balaban J connectivity index is 1.47. The quantitative estimate of drug-likeness (QED) is 0.745. The average molecular weight is 381 g/mol. The van der Waals surface area contributed by atoms with Crippen molar-refractivity contribution in [2.45, 2.75) is 4.90 Å². The smallest absolute Gasteiger partial charge is 0.246 e. The molecule has 2 aromatic carbocycles. The topological polar surface area (TPSA) is 62.3 Å². The summed E-state index contributed by atoms with van der Waals surface area (Å²) < 4.78 is 0. The van der Waals surface area contributed by atoms with Crippen molar-refractivity contribution in [3.8, 4) is 11.3 Å². The van der Waals surface area contributed by atoms with Crippen LogP contribution >= 0.6 is 23.1 Å². The fourth-order valence-corrected chi connectivity index (χ4v) is 4.37. The lowest BCUT2D eigenvalue weighted by Gasteiger charge is -2.28. The van der Waals surface area contributed by atoms with Crippen LogP contribution in [0.3, 0.4) is 0 Å². The number of amides is 2. The predicted molar refractivity (Wildman–Crippen MR) is 106 cm³/mol. The fraction of sp³-hybridized carbons (Fsp3) is 0.105. The maximum atomic E-state index is 12.4. The van der Waals surface area contributed by atoms with Gasteiger partial charge in [-0.1, -0.05) is 42.5 Å².